The first-order chi connectivity index (χ1) is 15.9. The summed E-state index contributed by atoms with van der Waals surface area (Å²) in [6, 6.07) is 0. The first-order valence-corrected chi connectivity index (χ1v) is 12.9. The highest BCUT2D eigenvalue weighted by molar-refractivity contribution is 5.95. The van der Waals surface area contributed by atoms with Crippen molar-refractivity contribution in [2.75, 3.05) is 26.2 Å². The van der Waals surface area contributed by atoms with Gasteiger partial charge in [0.1, 0.15) is 6.54 Å². The van der Waals surface area contributed by atoms with Gasteiger partial charge in [-0.15, -0.1) is 0 Å². The van der Waals surface area contributed by atoms with Crippen LogP contribution in [0.15, 0.2) is 4.99 Å². The lowest BCUT2D eigenvalue weighted by Crippen LogP contribution is -2.60. The zero-order valence-corrected chi connectivity index (χ0v) is 21.3. The third-order valence-electron chi connectivity index (χ3n) is 6.35. The molecule has 8 nitrogen and oxygen atoms in total. The number of unbranched alkanes of at least 4 members (excludes halogenated alkanes) is 13. The number of carboxylic acid groups (broad SMARTS) is 2. The van der Waals surface area contributed by atoms with Crippen LogP contribution >= 0.6 is 0 Å². The van der Waals surface area contributed by atoms with E-state index in [0.717, 1.165) is 19.3 Å². The van der Waals surface area contributed by atoms with E-state index >= 15 is 0 Å². The number of quaternary nitrogens is 1. The highest BCUT2D eigenvalue weighted by atomic mass is 16.5. The second-order valence-corrected chi connectivity index (χ2v) is 9.11. The van der Waals surface area contributed by atoms with Crippen LogP contribution in [-0.2, 0) is 14.3 Å². The summed E-state index contributed by atoms with van der Waals surface area (Å²) >= 11 is 0. The van der Waals surface area contributed by atoms with Gasteiger partial charge >= 0.3 is 11.9 Å². The molecule has 0 spiro atoms. The van der Waals surface area contributed by atoms with Gasteiger partial charge in [-0.3, -0.25) is 0 Å². The molecule has 0 aromatic rings. The molecule has 0 bridgehead atoms. The summed E-state index contributed by atoms with van der Waals surface area (Å²) in [5.74, 6) is 4.66. The van der Waals surface area contributed by atoms with Crippen LogP contribution in [0.5, 0.6) is 0 Å². The van der Waals surface area contributed by atoms with Gasteiger partial charge in [-0.25, -0.2) is 19.1 Å². The lowest BCUT2D eigenvalue weighted by atomic mass is 10.0. The maximum atomic E-state index is 11.5. The second-order valence-electron chi connectivity index (χ2n) is 9.11. The molecule has 34 heavy (non-hydrogen) atoms. The zero-order valence-electron chi connectivity index (χ0n) is 21.3. The van der Waals surface area contributed by atoms with E-state index in [2.05, 4.69) is 23.8 Å². The van der Waals surface area contributed by atoms with Crippen LogP contribution in [0.2, 0.25) is 0 Å². The van der Waals surface area contributed by atoms with Crippen molar-refractivity contribution in [3.05, 3.63) is 0 Å². The normalized spacial score (nSPS) is 17.9. The van der Waals surface area contributed by atoms with E-state index in [1.807, 2.05) is 0 Å². The molecule has 1 aliphatic rings. The monoisotopic (exact) mass is 482 g/mol. The zero-order chi connectivity index (χ0) is 24.4. The maximum Gasteiger partial charge on any atom is 0.359 e. The van der Waals surface area contributed by atoms with E-state index in [1.165, 1.54) is 70.6 Å². The summed E-state index contributed by atoms with van der Waals surface area (Å²) in [6.07, 6.45) is 17.1. The number of rotatable bonds is 19. The summed E-state index contributed by atoms with van der Waals surface area (Å²) < 4.78 is 5.36. The Balaban J connectivity index is 0.0000109. The molecule has 2 unspecified atom stereocenters. The van der Waals surface area contributed by atoms with E-state index in [-0.39, 0.29) is 16.5 Å². The highest BCUT2D eigenvalue weighted by Gasteiger charge is 2.45. The average molecular weight is 483 g/mol. The second kappa shape index (κ2) is 19.4. The Hall–Kier alpha value is -1.95. The van der Waals surface area contributed by atoms with E-state index in [1.54, 1.807) is 6.92 Å². The molecule has 1 heterocycles. The standard InChI is InChI=1S/C26H44N2O5.H2O/c1-3-4-5-6-7-8-9-10-11-12-13-14-15-16-17-18-24-27-19-20-28(24,21-25(29)30)23(2)33-22-26(31)32;/h23H,3-16,19-22H2,1-2H3,(H-,29,30,31,32);1H2. The van der Waals surface area contributed by atoms with Gasteiger partial charge in [-0.05, 0) is 6.42 Å². The van der Waals surface area contributed by atoms with E-state index < -0.39 is 24.8 Å². The van der Waals surface area contributed by atoms with Crippen LogP contribution in [0.25, 0.3) is 0 Å². The summed E-state index contributed by atoms with van der Waals surface area (Å²) in [4.78, 5) is 26.7. The topological polar surface area (TPSA) is 126 Å². The molecule has 0 aromatic carbocycles. The number of aliphatic imine (C=N–C) groups is 1. The fourth-order valence-electron chi connectivity index (χ4n) is 4.32. The Labute approximate surface area is 205 Å². The predicted octanol–water partition coefficient (Wildman–Crippen LogP) is 5.06. The lowest BCUT2D eigenvalue weighted by Gasteiger charge is -2.36. The van der Waals surface area contributed by atoms with Crippen LogP contribution in [0.4, 0.5) is 0 Å². The van der Waals surface area contributed by atoms with Crippen molar-refractivity contribution in [3.8, 4) is 11.8 Å². The molecule has 2 atom stereocenters. The molecule has 0 radical (unpaired) electrons. The van der Waals surface area contributed by atoms with Crippen molar-refractivity contribution in [1.82, 2.24) is 0 Å². The van der Waals surface area contributed by atoms with E-state index in [0.29, 0.717) is 18.9 Å². The molecule has 0 saturated carbocycles. The number of carbonyl (C=O) groups is 2. The predicted molar refractivity (Wildman–Crippen MR) is 133 cm³/mol. The van der Waals surface area contributed by atoms with Gasteiger partial charge in [0.25, 0.3) is 5.84 Å². The average Bonchev–Trinajstić information content (AvgIpc) is 3.17. The van der Waals surface area contributed by atoms with Gasteiger partial charge in [0.05, 0.1) is 6.54 Å². The van der Waals surface area contributed by atoms with Crippen molar-refractivity contribution < 1.29 is 34.5 Å². The first kappa shape index (κ1) is 32.0. The van der Waals surface area contributed by atoms with Crippen LogP contribution in [0, 0.1) is 11.8 Å². The molecule has 3 N–H and O–H groups in total. The third kappa shape index (κ3) is 13.1. The van der Waals surface area contributed by atoms with Crippen molar-refractivity contribution in [1.29, 1.82) is 0 Å². The quantitative estimate of drug-likeness (QED) is 0.151. The number of hydrogen-bond donors (Lipinski definition) is 2. The van der Waals surface area contributed by atoms with Crippen molar-refractivity contribution >= 4 is 17.8 Å². The molecular formula is C26H46N2O6. The Bertz CT molecular complexity index is 670. The third-order valence-corrected chi connectivity index (χ3v) is 6.35. The van der Waals surface area contributed by atoms with Crippen LogP contribution in [-0.4, -0.2) is 70.4 Å². The SMILES string of the molecule is CCCCCCCCCCCCCCCC#CC1=NCC[N+]1(CC(=O)O)C(C)OCC(=O)O.[OH-]. The molecule has 196 valence electrons. The fourth-order valence-corrected chi connectivity index (χ4v) is 4.32. The number of hydrogen-bond acceptors (Lipinski definition) is 5. The molecule has 0 saturated heterocycles. The number of amidine groups is 1. The maximum absolute atomic E-state index is 11.5. The molecule has 0 fully saturated rings. The Kier molecular flexibility index (Phi) is 18.3. The summed E-state index contributed by atoms with van der Waals surface area (Å²) in [7, 11) is 0. The van der Waals surface area contributed by atoms with Crippen LogP contribution < -0.4 is 0 Å². The molecular weight excluding hydrogens is 436 g/mol. The summed E-state index contributed by atoms with van der Waals surface area (Å²) in [5.41, 5.74) is 0. The molecule has 1 rings (SSSR count). The number of ether oxygens (including phenoxy) is 1. The molecule has 1 aliphatic heterocycles. The van der Waals surface area contributed by atoms with Crippen LogP contribution in [0.3, 0.4) is 0 Å². The van der Waals surface area contributed by atoms with Crippen molar-refractivity contribution in [2.45, 2.75) is 110 Å². The molecule has 8 heteroatoms. The minimum absolute atomic E-state index is 0. The fraction of sp³-hybridized carbons (Fsp3) is 0.808. The Morgan fingerprint density at radius 3 is 1.97 bits per heavy atom. The molecule has 0 aliphatic carbocycles. The number of nitrogens with zero attached hydrogens (tertiary/aromatic N) is 2. The Morgan fingerprint density at radius 1 is 0.941 bits per heavy atom. The van der Waals surface area contributed by atoms with Crippen LogP contribution in [0.1, 0.15) is 104 Å². The van der Waals surface area contributed by atoms with E-state index in [4.69, 9.17) is 9.84 Å². The van der Waals surface area contributed by atoms with Gasteiger partial charge in [0.15, 0.2) is 19.4 Å². The van der Waals surface area contributed by atoms with Crippen molar-refractivity contribution in [3.63, 3.8) is 0 Å². The summed E-state index contributed by atoms with van der Waals surface area (Å²) in [6.45, 7) is 4.19. The largest absolute Gasteiger partial charge is 0.870 e. The minimum atomic E-state index is -1.08. The Morgan fingerprint density at radius 2 is 1.47 bits per heavy atom. The van der Waals surface area contributed by atoms with Gasteiger partial charge in [-0.2, -0.15) is 0 Å². The van der Waals surface area contributed by atoms with Gasteiger partial charge in [0.2, 0.25) is 0 Å². The number of aliphatic carboxylic acids is 2. The summed E-state index contributed by atoms with van der Waals surface area (Å²) in [5, 5.41) is 18.3. The van der Waals surface area contributed by atoms with E-state index in [9.17, 15) is 14.7 Å². The highest BCUT2D eigenvalue weighted by Crippen LogP contribution is 2.21. The lowest BCUT2D eigenvalue weighted by molar-refractivity contribution is -0.875. The molecule has 0 aromatic heterocycles. The van der Waals surface area contributed by atoms with Crippen molar-refractivity contribution in [2.24, 2.45) is 4.99 Å². The number of carboxylic acids is 2. The van der Waals surface area contributed by atoms with Gasteiger partial charge in [0, 0.05) is 19.3 Å². The minimum Gasteiger partial charge on any atom is -0.870 e. The smallest absolute Gasteiger partial charge is 0.359 e. The first-order valence-electron chi connectivity index (χ1n) is 12.9. The molecule has 0 amide bonds. The van der Waals surface area contributed by atoms with Gasteiger partial charge < -0.3 is 20.4 Å². The van der Waals surface area contributed by atoms with Gasteiger partial charge in [-0.1, -0.05) is 89.9 Å².